The maximum absolute atomic E-state index is 3.80. The van der Waals surface area contributed by atoms with Gasteiger partial charge in [-0.1, -0.05) is 67.3 Å². The Kier molecular flexibility index (Phi) is 4.21. The van der Waals surface area contributed by atoms with E-state index in [1.165, 1.54) is 16.7 Å². The van der Waals surface area contributed by atoms with Gasteiger partial charge in [0.05, 0.1) is 0 Å². The highest BCUT2D eigenvalue weighted by atomic mass is 14.3. The summed E-state index contributed by atoms with van der Waals surface area (Å²) in [5.74, 6) is 0. The maximum Gasteiger partial charge on any atom is 0.0356 e. The molecular weight excluding hydrogens is 228 g/mol. The molecule has 0 heteroatoms. The maximum atomic E-state index is 3.80. The van der Waals surface area contributed by atoms with Gasteiger partial charge < -0.3 is 0 Å². The molecule has 1 aliphatic rings. The zero-order valence-electron chi connectivity index (χ0n) is 11.9. The minimum atomic E-state index is -0.0730. The van der Waals surface area contributed by atoms with Gasteiger partial charge in [0.15, 0.2) is 0 Å². The average Bonchev–Trinajstić information content (AvgIpc) is 2.46. The second kappa shape index (κ2) is 5.88. The van der Waals surface area contributed by atoms with E-state index < -0.39 is 0 Å². The van der Waals surface area contributed by atoms with Crippen molar-refractivity contribution in [3.8, 4) is 0 Å². The van der Waals surface area contributed by atoms with Crippen LogP contribution in [-0.4, -0.2) is 0 Å². The highest BCUT2D eigenvalue weighted by Crippen LogP contribution is 2.37. The smallest absolute Gasteiger partial charge is 0.0356 e. The van der Waals surface area contributed by atoms with E-state index in [9.17, 15) is 0 Å². The van der Waals surface area contributed by atoms with Gasteiger partial charge in [0.2, 0.25) is 0 Å². The van der Waals surface area contributed by atoms with Crippen LogP contribution in [0.15, 0.2) is 72.9 Å². The highest BCUT2D eigenvalue weighted by Gasteiger charge is 2.28. The first-order chi connectivity index (χ1) is 9.18. The van der Waals surface area contributed by atoms with Gasteiger partial charge in [-0.3, -0.25) is 0 Å². The predicted octanol–water partition coefficient (Wildman–Crippen LogP) is 5.27. The minimum Gasteiger partial charge on any atom is -0.0991 e. The number of rotatable bonds is 4. The van der Waals surface area contributed by atoms with Gasteiger partial charge in [-0.25, -0.2) is 0 Å². The minimum absolute atomic E-state index is 0.0730. The quantitative estimate of drug-likeness (QED) is 0.638. The molecule has 0 aromatic heterocycles. The summed E-state index contributed by atoms with van der Waals surface area (Å²) in [4.78, 5) is 0. The molecule has 1 aromatic carbocycles. The second-order valence-corrected chi connectivity index (χ2v) is 5.25. The summed E-state index contributed by atoms with van der Waals surface area (Å²) in [6.07, 6.45) is 15.3. The Bertz CT molecular complexity index is 543. The Hall–Kier alpha value is -1.82. The van der Waals surface area contributed by atoms with Gasteiger partial charge in [-0.2, -0.15) is 0 Å². The third-order valence-corrected chi connectivity index (χ3v) is 3.86. The van der Waals surface area contributed by atoms with Crippen LogP contribution >= 0.6 is 0 Å². The fourth-order valence-corrected chi connectivity index (χ4v) is 2.76. The summed E-state index contributed by atoms with van der Waals surface area (Å²) < 4.78 is 0. The van der Waals surface area contributed by atoms with E-state index in [4.69, 9.17) is 0 Å². The lowest BCUT2D eigenvalue weighted by Gasteiger charge is -2.31. The van der Waals surface area contributed by atoms with E-state index in [0.717, 1.165) is 12.8 Å². The third kappa shape index (κ3) is 2.78. The summed E-state index contributed by atoms with van der Waals surface area (Å²) in [7, 11) is 0. The molecule has 1 atom stereocenters. The first-order valence-electron chi connectivity index (χ1n) is 6.92. The van der Waals surface area contributed by atoms with Crippen LogP contribution in [0, 0.1) is 6.92 Å². The highest BCUT2D eigenvalue weighted by molar-refractivity contribution is 5.49. The summed E-state index contributed by atoms with van der Waals surface area (Å²) in [5.41, 5.74) is 4.01. The summed E-state index contributed by atoms with van der Waals surface area (Å²) >= 11 is 0. The molecule has 19 heavy (non-hydrogen) atoms. The Labute approximate surface area is 116 Å². The third-order valence-electron chi connectivity index (χ3n) is 3.86. The molecule has 0 fully saturated rings. The molecule has 0 amide bonds. The first kappa shape index (κ1) is 13.6. The van der Waals surface area contributed by atoms with Crippen molar-refractivity contribution in [3.05, 3.63) is 84.0 Å². The Morgan fingerprint density at radius 2 is 2.00 bits per heavy atom. The lowest BCUT2D eigenvalue weighted by atomic mass is 9.72. The lowest BCUT2D eigenvalue weighted by molar-refractivity contribution is 0.704. The lowest BCUT2D eigenvalue weighted by Crippen LogP contribution is -2.23. The van der Waals surface area contributed by atoms with Gasteiger partial charge in [0.25, 0.3) is 0 Å². The molecule has 0 spiro atoms. The topological polar surface area (TPSA) is 0 Å². The first-order valence-corrected chi connectivity index (χ1v) is 6.92. The molecule has 1 aromatic rings. The van der Waals surface area contributed by atoms with E-state index in [1.807, 2.05) is 6.08 Å². The van der Waals surface area contributed by atoms with Crippen LogP contribution in [0.2, 0.25) is 0 Å². The van der Waals surface area contributed by atoms with E-state index in [-0.39, 0.29) is 5.41 Å². The van der Waals surface area contributed by atoms with Gasteiger partial charge in [-0.15, -0.1) is 0 Å². The van der Waals surface area contributed by atoms with Crippen molar-refractivity contribution in [2.45, 2.75) is 32.1 Å². The molecule has 0 nitrogen and oxygen atoms in total. The largest absolute Gasteiger partial charge is 0.0991 e. The van der Waals surface area contributed by atoms with Crippen LogP contribution in [0.5, 0.6) is 0 Å². The number of hydrogen-bond donors (Lipinski definition) is 0. The van der Waals surface area contributed by atoms with Crippen molar-refractivity contribution in [1.29, 1.82) is 0 Å². The summed E-state index contributed by atoms with van der Waals surface area (Å²) in [6, 6.07) is 8.63. The van der Waals surface area contributed by atoms with E-state index in [2.05, 4.69) is 75.1 Å². The van der Waals surface area contributed by atoms with Crippen molar-refractivity contribution in [3.63, 3.8) is 0 Å². The van der Waals surface area contributed by atoms with Crippen LogP contribution in [0.25, 0.3) is 0 Å². The van der Waals surface area contributed by atoms with Crippen LogP contribution in [0.1, 0.15) is 30.9 Å². The normalized spacial score (nSPS) is 18.1. The van der Waals surface area contributed by atoms with Gasteiger partial charge in [-0.05, 0) is 43.4 Å². The molecule has 2 rings (SSSR count). The molecule has 0 bridgehead atoms. The standard InChI is InChI=1S/C19H22/c1-4-5-15-19(3,17-12-7-6-8-13-17)18-14-10-9-11-16(18)2/h4-5,7,9-15H,1,6,8H2,2-3H3/b15-5+. The van der Waals surface area contributed by atoms with Gasteiger partial charge in [0, 0.05) is 5.41 Å². The fourth-order valence-electron chi connectivity index (χ4n) is 2.76. The molecule has 1 unspecified atom stereocenters. The monoisotopic (exact) mass is 250 g/mol. The molecule has 0 saturated carbocycles. The number of benzene rings is 1. The van der Waals surface area contributed by atoms with Crippen molar-refractivity contribution in [2.24, 2.45) is 0 Å². The number of aryl methyl sites for hydroxylation is 1. The van der Waals surface area contributed by atoms with Crippen LogP contribution in [0.3, 0.4) is 0 Å². The van der Waals surface area contributed by atoms with Crippen molar-refractivity contribution < 1.29 is 0 Å². The summed E-state index contributed by atoms with van der Waals surface area (Å²) in [5, 5.41) is 0. The van der Waals surface area contributed by atoms with Crippen molar-refractivity contribution >= 4 is 0 Å². The predicted molar refractivity (Wildman–Crippen MR) is 84.3 cm³/mol. The fraction of sp³-hybridized carbons (Fsp3) is 0.263. The molecule has 0 N–H and O–H groups in total. The molecular formula is C19H22. The molecule has 1 aliphatic carbocycles. The van der Waals surface area contributed by atoms with Crippen molar-refractivity contribution in [2.75, 3.05) is 0 Å². The van der Waals surface area contributed by atoms with E-state index in [1.54, 1.807) is 0 Å². The number of hydrogen-bond acceptors (Lipinski definition) is 0. The van der Waals surface area contributed by atoms with Crippen LogP contribution in [-0.2, 0) is 5.41 Å². The van der Waals surface area contributed by atoms with Crippen LogP contribution in [0.4, 0.5) is 0 Å². The average molecular weight is 250 g/mol. The Morgan fingerprint density at radius 3 is 2.63 bits per heavy atom. The second-order valence-electron chi connectivity index (χ2n) is 5.25. The summed E-state index contributed by atoms with van der Waals surface area (Å²) in [6.45, 7) is 8.27. The van der Waals surface area contributed by atoms with E-state index >= 15 is 0 Å². The van der Waals surface area contributed by atoms with Crippen LogP contribution < -0.4 is 0 Å². The molecule has 98 valence electrons. The van der Waals surface area contributed by atoms with E-state index in [0.29, 0.717) is 0 Å². The molecule has 0 saturated heterocycles. The molecule has 0 heterocycles. The zero-order valence-corrected chi connectivity index (χ0v) is 11.9. The zero-order chi connectivity index (χ0) is 13.7. The molecule has 0 radical (unpaired) electrons. The Morgan fingerprint density at radius 1 is 1.21 bits per heavy atom. The SMILES string of the molecule is C=C/C=C/C(C)(C1=CCCC=C1)c1ccccc1C. The van der Waals surface area contributed by atoms with Gasteiger partial charge >= 0.3 is 0 Å². The number of allylic oxidation sites excluding steroid dienone is 7. The Balaban J connectivity index is 2.55. The molecule has 0 aliphatic heterocycles. The van der Waals surface area contributed by atoms with Gasteiger partial charge in [0.1, 0.15) is 0 Å². The van der Waals surface area contributed by atoms with Crippen molar-refractivity contribution in [1.82, 2.24) is 0 Å².